The number of amides is 1. The lowest BCUT2D eigenvalue weighted by Gasteiger charge is -2.08. The molecule has 1 fully saturated rings. The fraction of sp³-hybridized carbons (Fsp3) is 0.300. The molecule has 3 heteroatoms. The van der Waals surface area contributed by atoms with Crippen LogP contribution in [0.15, 0.2) is 30.3 Å². The lowest BCUT2D eigenvalue weighted by Crippen LogP contribution is -2.30. The van der Waals surface area contributed by atoms with E-state index < -0.39 is 0 Å². The van der Waals surface area contributed by atoms with Crippen molar-refractivity contribution in [2.75, 3.05) is 0 Å². The van der Waals surface area contributed by atoms with Crippen molar-refractivity contribution in [1.82, 2.24) is 5.32 Å². The molecule has 0 aliphatic carbocycles. The third-order valence-corrected chi connectivity index (χ3v) is 2.34. The minimum Gasteiger partial charge on any atom is -0.348 e. The van der Waals surface area contributed by atoms with Gasteiger partial charge in [-0.1, -0.05) is 30.3 Å². The maximum absolute atomic E-state index is 11.1. The summed E-state index contributed by atoms with van der Waals surface area (Å²) in [4.78, 5) is 11.1. The topological polar surface area (TPSA) is 55.1 Å². The summed E-state index contributed by atoms with van der Waals surface area (Å²) >= 11 is 0. The van der Waals surface area contributed by atoms with Crippen LogP contribution in [0, 0.1) is 0 Å². The van der Waals surface area contributed by atoms with E-state index in [1.54, 1.807) is 0 Å². The summed E-state index contributed by atoms with van der Waals surface area (Å²) in [5.41, 5.74) is 6.72. The van der Waals surface area contributed by atoms with E-state index >= 15 is 0 Å². The van der Waals surface area contributed by atoms with Crippen LogP contribution in [0.2, 0.25) is 0 Å². The van der Waals surface area contributed by atoms with E-state index in [4.69, 9.17) is 5.73 Å². The quantitative estimate of drug-likeness (QED) is 0.657. The minimum atomic E-state index is -0.342. The number of nitrogens with two attached hydrogens (primary N) is 1. The third kappa shape index (κ3) is 1.55. The van der Waals surface area contributed by atoms with Crippen LogP contribution < -0.4 is 11.1 Å². The molecule has 1 saturated heterocycles. The van der Waals surface area contributed by atoms with E-state index in [1.807, 2.05) is 30.3 Å². The van der Waals surface area contributed by atoms with Gasteiger partial charge in [-0.25, -0.2) is 0 Å². The molecule has 1 heterocycles. The Bertz CT molecular complexity index is 310. The molecule has 1 amide bonds. The van der Waals surface area contributed by atoms with Crippen LogP contribution in [-0.2, 0) is 4.79 Å². The van der Waals surface area contributed by atoms with Gasteiger partial charge in [0, 0.05) is 0 Å². The first kappa shape index (κ1) is 8.26. The van der Waals surface area contributed by atoms with E-state index in [0.717, 1.165) is 5.56 Å². The third-order valence-electron chi connectivity index (χ3n) is 2.34. The summed E-state index contributed by atoms with van der Waals surface area (Å²) in [5.74, 6) is -0.0474. The van der Waals surface area contributed by atoms with Crippen LogP contribution in [0.25, 0.3) is 0 Å². The van der Waals surface area contributed by atoms with Crippen LogP contribution in [0.1, 0.15) is 18.0 Å². The maximum Gasteiger partial charge on any atom is 0.237 e. The standard InChI is InChI=1S/C10H12N2O/c11-8-6-9(12-10(8)13)7-4-2-1-3-5-7/h1-5,8-9H,6,11H2,(H,12,13). The van der Waals surface area contributed by atoms with Crippen molar-refractivity contribution in [3.8, 4) is 0 Å². The Hall–Kier alpha value is -1.35. The molecule has 0 bridgehead atoms. The van der Waals surface area contributed by atoms with Gasteiger partial charge in [0.15, 0.2) is 0 Å². The second kappa shape index (κ2) is 3.18. The number of carbonyl (C=O) groups is 1. The van der Waals surface area contributed by atoms with Crippen molar-refractivity contribution in [3.05, 3.63) is 35.9 Å². The van der Waals surface area contributed by atoms with Gasteiger partial charge in [-0.2, -0.15) is 0 Å². The molecule has 1 aliphatic heterocycles. The van der Waals surface area contributed by atoms with Gasteiger partial charge < -0.3 is 11.1 Å². The van der Waals surface area contributed by atoms with Gasteiger partial charge in [0.05, 0.1) is 12.1 Å². The minimum absolute atomic E-state index is 0.0474. The Kier molecular flexibility index (Phi) is 2.02. The molecule has 2 atom stereocenters. The van der Waals surface area contributed by atoms with Gasteiger partial charge in [-0.3, -0.25) is 4.79 Å². The van der Waals surface area contributed by atoms with Crippen molar-refractivity contribution in [2.24, 2.45) is 5.73 Å². The van der Waals surface area contributed by atoms with Crippen molar-refractivity contribution >= 4 is 5.91 Å². The highest BCUT2D eigenvalue weighted by Gasteiger charge is 2.29. The molecule has 3 nitrogen and oxygen atoms in total. The first-order valence-electron chi connectivity index (χ1n) is 4.38. The number of nitrogens with one attached hydrogen (secondary N) is 1. The summed E-state index contributed by atoms with van der Waals surface area (Å²) in [6.07, 6.45) is 0.697. The number of benzene rings is 1. The van der Waals surface area contributed by atoms with Crippen molar-refractivity contribution in [1.29, 1.82) is 0 Å². The monoisotopic (exact) mass is 176 g/mol. The normalized spacial score (nSPS) is 27.3. The van der Waals surface area contributed by atoms with Gasteiger partial charge in [-0.15, -0.1) is 0 Å². The highest BCUT2D eigenvalue weighted by molar-refractivity contribution is 5.84. The Morgan fingerprint density at radius 3 is 2.54 bits per heavy atom. The fourth-order valence-electron chi connectivity index (χ4n) is 1.60. The Balaban J connectivity index is 2.17. The molecule has 0 spiro atoms. The molecule has 3 N–H and O–H groups in total. The lowest BCUT2D eigenvalue weighted by atomic mass is 10.0. The first-order chi connectivity index (χ1) is 6.27. The zero-order valence-corrected chi connectivity index (χ0v) is 7.23. The summed E-state index contributed by atoms with van der Waals surface area (Å²) in [7, 11) is 0. The zero-order chi connectivity index (χ0) is 9.26. The molecule has 1 aromatic rings. The highest BCUT2D eigenvalue weighted by atomic mass is 16.2. The predicted octanol–water partition coefficient (Wildman–Crippen LogP) is 0.575. The van der Waals surface area contributed by atoms with Crippen LogP contribution in [0.5, 0.6) is 0 Å². The van der Waals surface area contributed by atoms with Crippen molar-refractivity contribution in [2.45, 2.75) is 18.5 Å². The van der Waals surface area contributed by atoms with E-state index in [2.05, 4.69) is 5.32 Å². The van der Waals surface area contributed by atoms with Crippen molar-refractivity contribution < 1.29 is 4.79 Å². The molecule has 2 unspecified atom stereocenters. The van der Waals surface area contributed by atoms with Crippen LogP contribution >= 0.6 is 0 Å². The average molecular weight is 176 g/mol. The summed E-state index contributed by atoms with van der Waals surface area (Å²) in [6.45, 7) is 0. The molecule has 0 aromatic heterocycles. The van der Waals surface area contributed by atoms with Crippen LogP contribution in [0.4, 0.5) is 0 Å². The molecular formula is C10H12N2O. The summed E-state index contributed by atoms with van der Waals surface area (Å²) < 4.78 is 0. The smallest absolute Gasteiger partial charge is 0.237 e. The van der Waals surface area contributed by atoms with Crippen molar-refractivity contribution in [3.63, 3.8) is 0 Å². The molecule has 0 radical (unpaired) electrons. The number of hydrogen-bond donors (Lipinski definition) is 2. The molecular weight excluding hydrogens is 164 g/mol. The summed E-state index contributed by atoms with van der Waals surface area (Å²) in [5, 5.41) is 2.86. The van der Waals surface area contributed by atoms with Gasteiger partial charge in [-0.05, 0) is 12.0 Å². The number of carbonyl (C=O) groups excluding carboxylic acids is 1. The zero-order valence-electron chi connectivity index (χ0n) is 7.23. The van der Waals surface area contributed by atoms with E-state index in [1.165, 1.54) is 0 Å². The van der Waals surface area contributed by atoms with Gasteiger partial charge >= 0.3 is 0 Å². The van der Waals surface area contributed by atoms with Gasteiger partial charge in [0.25, 0.3) is 0 Å². The lowest BCUT2D eigenvalue weighted by molar-refractivity contribution is -0.120. The van der Waals surface area contributed by atoms with E-state index in [-0.39, 0.29) is 18.0 Å². The molecule has 1 aliphatic rings. The number of hydrogen-bond acceptors (Lipinski definition) is 2. The molecule has 13 heavy (non-hydrogen) atoms. The second-order valence-corrected chi connectivity index (χ2v) is 3.31. The van der Waals surface area contributed by atoms with E-state index in [0.29, 0.717) is 6.42 Å². The second-order valence-electron chi connectivity index (χ2n) is 3.31. The summed E-state index contributed by atoms with van der Waals surface area (Å²) in [6, 6.07) is 9.65. The van der Waals surface area contributed by atoms with Crippen LogP contribution in [-0.4, -0.2) is 11.9 Å². The fourth-order valence-corrected chi connectivity index (χ4v) is 1.60. The Labute approximate surface area is 76.9 Å². The first-order valence-corrected chi connectivity index (χ1v) is 4.38. The molecule has 1 aromatic carbocycles. The average Bonchev–Trinajstić information content (AvgIpc) is 2.49. The predicted molar refractivity (Wildman–Crippen MR) is 49.9 cm³/mol. The molecule has 2 rings (SSSR count). The Morgan fingerprint density at radius 2 is 2.00 bits per heavy atom. The van der Waals surface area contributed by atoms with Crippen LogP contribution in [0.3, 0.4) is 0 Å². The highest BCUT2D eigenvalue weighted by Crippen LogP contribution is 2.22. The molecule has 0 saturated carbocycles. The SMILES string of the molecule is NC1CC(c2ccccc2)NC1=O. The van der Waals surface area contributed by atoms with E-state index in [9.17, 15) is 4.79 Å². The largest absolute Gasteiger partial charge is 0.348 e. The van der Waals surface area contributed by atoms with Gasteiger partial charge in [0.2, 0.25) is 5.91 Å². The molecule has 68 valence electrons. The maximum atomic E-state index is 11.1. The number of rotatable bonds is 1. The van der Waals surface area contributed by atoms with Gasteiger partial charge in [0.1, 0.15) is 0 Å². The Morgan fingerprint density at radius 1 is 1.31 bits per heavy atom.